The van der Waals surface area contributed by atoms with Crippen molar-refractivity contribution in [3.05, 3.63) is 48.3 Å². The Labute approximate surface area is 146 Å². The minimum absolute atomic E-state index is 0.236. The van der Waals surface area contributed by atoms with Crippen molar-refractivity contribution < 1.29 is 4.39 Å². The summed E-state index contributed by atoms with van der Waals surface area (Å²) in [6.45, 7) is 0. The fourth-order valence-electron chi connectivity index (χ4n) is 3.52. The summed E-state index contributed by atoms with van der Waals surface area (Å²) in [4.78, 5) is 8.78. The maximum Gasteiger partial charge on any atom is 0.222 e. The Kier molecular flexibility index (Phi) is 4.22. The Morgan fingerprint density at radius 1 is 0.920 bits per heavy atom. The molecule has 0 radical (unpaired) electrons. The predicted octanol–water partition coefficient (Wildman–Crippen LogP) is 4.76. The smallest absolute Gasteiger partial charge is 0.222 e. The van der Waals surface area contributed by atoms with Crippen LogP contribution in [0, 0.1) is 5.82 Å². The van der Waals surface area contributed by atoms with Crippen LogP contribution in [0.5, 0.6) is 0 Å². The maximum atomic E-state index is 13.2. The lowest BCUT2D eigenvalue weighted by atomic mass is 9.95. The molecule has 1 saturated carbocycles. The molecule has 0 unspecified atom stereocenters. The summed E-state index contributed by atoms with van der Waals surface area (Å²) in [5.41, 5.74) is 8.68. The topological polar surface area (TPSA) is 63.8 Å². The van der Waals surface area contributed by atoms with Crippen molar-refractivity contribution in [3.63, 3.8) is 0 Å². The molecule has 0 spiro atoms. The number of hydrogen-bond acceptors (Lipinski definition) is 4. The highest BCUT2D eigenvalue weighted by atomic mass is 19.1. The van der Waals surface area contributed by atoms with Gasteiger partial charge in [-0.3, -0.25) is 0 Å². The van der Waals surface area contributed by atoms with Crippen molar-refractivity contribution in [1.29, 1.82) is 0 Å². The third kappa shape index (κ3) is 3.40. The number of rotatable bonds is 3. The fraction of sp³-hybridized carbons (Fsp3) is 0.300. The van der Waals surface area contributed by atoms with Gasteiger partial charge in [0.25, 0.3) is 0 Å². The van der Waals surface area contributed by atoms with Gasteiger partial charge >= 0.3 is 0 Å². The maximum absolute atomic E-state index is 13.2. The van der Waals surface area contributed by atoms with E-state index < -0.39 is 0 Å². The molecule has 3 aromatic rings. The van der Waals surface area contributed by atoms with Gasteiger partial charge in [0.1, 0.15) is 11.6 Å². The van der Waals surface area contributed by atoms with E-state index in [9.17, 15) is 4.39 Å². The van der Waals surface area contributed by atoms with Gasteiger partial charge in [0.2, 0.25) is 5.95 Å². The standard InChI is InChI=1S/C20H21FN4/c21-15-9-6-13(7-10-15)14-8-11-18-17(12-14)19(25-20(22)24-18)23-16-4-2-1-3-5-16/h6-12,16H,1-5H2,(H3,22,23,24,25). The van der Waals surface area contributed by atoms with Crippen LogP contribution < -0.4 is 11.1 Å². The van der Waals surface area contributed by atoms with E-state index in [1.54, 1.807) is 12.1 Å². The summed E-state index contributed by atoms with van der Waals surface area (Å²) < 4.78 is 13.2. The molecular weight excluding hydrogens is 315 g/mol. The Morgan fingerprint density at radius 3 is 2.40 bits per heavy atom. The Balaban J connectivity index is 1.75. The number of nitrogens with one attached hydrogen (secondary N) is 1. The zero-order chi connectivity index (χ0) is 17.2. The van der Waals surface area contributed by atoms with E-state index in [4.69, 9.17) is 5.73 Å². The van der Waals surface area contributed by atoms with Crippen LogP contribution in [0.25, 0.3) is 22.0 Å². The number of anilines is 2. The third-order valence-electron chi connectivity index (χ3n) is 4.84. The van der Waals surface area contributed by atoms with Crippen molar-refractivity contribution in [2.75, 3.05) is 11.1 Å². The number of hydrogen-bond donors (Lipinski definition) is 2. The molecule has 5 heteroatoms. The van der Waals surface area contributed by atoms with E-state index in [2.05, 4.69) is 15.3 Å². The quantitative estimate of drug-likeness (QED) is 0.723. The van der Waals surface area contributed by atoms with E-state index in [-0.39, 0.29) is 11.8 Å². The van der Waals surface area contributed by atoms with Crippen LogP contribution in [-0.4, -0.2) is 16.0 Å². The first-order chi connectivity index (χ1) is 12.2. The number of halogens is 1. The van der Waals surface area contributed by atoms with Gasteiger partial charge in [-0.1, -0.05) is 37.5 Å². The largest absolute Gasteiger partial charge is 0.368 e. The molecule has 25 heavy (non-hydrogen) atoms. The van der Waals surface area contributed by atoms with E-state index in [1.165, 1.54) is 31.4 Å². The molecule has 1 aromatic heterocycles. The first kappa shape index (κ1) is 15.8. The van der Waals surface area contributed by atoms with Crippen LogP contribution in [-0.2, 0) is 0 Å². The van der Waals surface area contributed by atoms with Crippen molar-refractivity contribution >= 4 is 22.7 Å². The van der Waals surface area contributed by atoms with Gasteiger partial charge in [0, 0.05) is 11.4 Å². The molecule has 0 aliphatic heterocycles. The van der Waals surface area contributed by atoms with Gasteiger partial charge in [0.05, 0.1) is 5.52 Å². The number of nitrogens with zero attached hydrogens (tertiary/aromatic N) is 2. The molecule has 0 bridgehead atoms. The first-order valence-corrected chi connectivity index (χ1v) is 8.79. The molecular formula is C20H21FN4. The van der Waals surface area contributed by atoms with Gasteiger partial charge in [0.15, 0.2) is 0 Å². The Hall–Kier alpha value is -2.69. The van der Waals surface area contributed by atoms with Crippen LogP contribution >= 0.6 is 0 Å². The molecule has 1 fully saturated rings. The summed E-state index contributed by atoms with van der Waals surface area (Å²) in [6, 6.07) is 12.9. The lowest BCUT2D eigenvalue weighted by molar-refractivity contribution is 0.462. The molecule has 1 aliphatic rings. The predicted molar refractivity (Wildman–Crippen MR) is 99.8 cm³/mol. The molecule has 4 nitrogen and oxygen atoms in total. The second-order valence-corrected chi connectivity index (χ2v) is 6.65. The third-order valence-corrected chi connectivity index (χ3v) is 4.84. The molecule has 128 valence electrons. The minimum atomic E-state index is -0.236. The zero-order valence-corrected chi connectivity index (χ0v) is 14.0. The second kappa shape index (κ2) is 6.67. The average molecular weight is 336 g/mol. The summed E-state index contributed by atoms with van der Waals surface area (Å²) >= 11 is 0. The minimum Gasteiger partial charge on any atom is -0.368 e. The highest BCUT2D eigenvalue weighted by molar-refractivity contribution is 5.93. The zero-order valence-electron chi connectivity index (χ0n) is 14.0. The van der Waals surface area contributed by atoms with E-state index in [1.807, 2.05) is 18.2 Å². The molecule has 0 atom stereocenters. The summed E-state index contributed by atoms with van der Waals surface area (Å²) in [6.07, 6.45) is 6.11. The van der Waals surface area contributed by atoms with Crippen molar-refractivity contribution in [1.82, 2.24) is 9.97 Å². The summed E-state index contributed by atoms with van der Waals surface area (Å²) in [5, 5.41) is 4.51. The van der Waals surface area contributed by atoms with Crippen molar-refractivity contribution in [2.45, 2.75) is 38.1 Å². The molecule has 1 heterocycles. The molecule has 2 aromatic carbocycles. The Bertz CT molecular complexity index is 886. The van der Waals surface area contributed by atoms with E-state index in [0.29, 0.717) is 6.04 Å². The van der Waals surface area contributed by atoms with Crippen LogP contribution in [0.2, 0.25) is 0 Å². The normalized spacial score (nSPS) is 15.4. The lowest BCUT2D eigenvalue weighted by Gasteiger charge is -2.24. The number of aromatic nitrogens is 2. The SMILES string of the molecule is Nc1nc(NC2CCCCC2)c2cc(-c3ccc(F)cc3)ccc2n1. The molecule has 0 amide bonds. The number of benzene rings is 2. The van der Waals surface area contributed by atoms with Gasteiger partial charge in [-0.05, 0) is 48.2 Å². The van der Waals surface area contributed by atoms with Gasteiger partial charge in [-0.25, -0.2) is 9.37 Å². The number of nitrogens with two attached hydrogens (primary N) is 1. The molecule has 4 rings (SSSR count). The van der Waals surface area contributed by atoms with Gasteiger partial charge in [-0.2, -0.15) is 4.98 Å². The van der Waals surface area contributed by atoms with Crippen molar-refractivity contribution in [3.8, 4) is 11.1 Å². The van der Waals surface area contributed by atoms with Crippen LogP contribution in [0.3, 0.4) is 0 Å². The molecule has 0 saturated heterocycles. The number of fused-ring (bicyclic) bond motifs is 1. The molecule has 1 aliphatic carbocycles. The second-order valence-electron chi connectivity index (χ2n) is 6.65. The average Bonchev–Trinajstić information content (AvgIpc) is 2.63. The molecule has 3 N–H and O–H groups in total. The lowest BCUT2D eigenvalue weighted by Crippen LogP contribution is -2.23. The van der Waals surface area contributed by atoms with Gasteiger partial charge < -0.3 is 11.1 Å². The highest BCUT2D eigenvalue weighted by Gasteiger charge is 2.16. The van der Waals surface area contributed by atoms with Crippen LogP contribution in [0.4, 0.5) is 16.2 Å². The van der Waals surface area contributed by atoms with E-state index in [0.717, 1.165) is 40.7 Å². The monoisotopic (exact) mass is 336 g/mol. The number of nitrogen functional groups attached to an aromatic ring is 1. The van der Waals surface area contributed by atoms with Crippen LogP contribution in [0.15, 0.2) is 42.5 Å². The Morgan fingerprint density at radius 2 is 1.64 bits per heavy atom. The first-order valence-electron chi connectivity index (χ1n) is 8.79. The summed E-state index contributed by atoms with van der Waals surface area (Å²) in [5.74, 6) is 0.832. The van der Waals surface area contributed by atoms with E-state index >= 15 is 0 Å². The van der Waals surface area contributed by atoms with Gasteiger partial charge in [-0.15, -0.1) is 0 Å². The highest BCUT2D eigenvalue weighted by Crippen LogP contribution is 2.30. The fourth-order valence-corrected chi connectivity index (χ4v) is 3.52. The van der Waals surface area contributed by atoms with Crippen molar-refractivity contribution in [2.24, 2.45) is 0 Å². The summed E-state index contributed by atoms with van der Waals surface area (Å²) in [7, 11) is 0. The van der Waals surface area contributed by atoms with Crippen LogP contribution in [0.1, 0.15) is 32.1 Å².